The molecule has 0 N–H and O–H groups in total. The highest BCUT2D eigenvalue weighted by molar-refractivity contribution is 7.86. The molecule has 1 amide bonds. The van der Waals surface area contributed by atoms with Crippen molar-refractivity contribution >= 4 is 16.1 Å². The van der Waals surface area contributed by atoms with E-state index in [1.54, 1.807) is 29.2 Å². The van der Waals surface area contributed by atoms with Crippen molar-refractivity contribution in [3.05, 3.63) is 29.8 Å². The van der Waals surface area contributed by atoms with Gasteiger partial charge < -0.3 is 9.64 Å². The number of piperazine rings is 1. The molecule has 8 nitrogen and oxygen atoms in total. The topological polar surface area (TPSA) is 94.0 Å². The van der Waals surface area contributed by atoms with E-state index in [0.29, 0.717) is 24.4 Å². The molecule has 1 aromatic carbocycles. The van der Waals surface area contributed by atoms with Crippen LogP contribution in [0.2, 0.25) is 0 Å². The molecule has 1 fully saturated rings. The maximum atomic E-state index is 12.2. The molecule has 9 heteroatoms. The van der Waals surface area contributed by atoms with Crippen LogP contribution in [0.4, 0.5) is 0 Å². The van der Waals surface area contributed by atoms with Crippen LogP contribution in [0.5, 0.6) is 5.75 Å². The summed E-state index contributed by atoms with van der Waals surface area (Å²) in [6.07, 6.45) is 0. The molecule has 0 unspecified atom stereocenters. The third-order valence-corrected chi connectivity index (χ3v) is 5.67. The number of hydrogen-bond donors (Lipinski definition) is 0. The Morgan fingerprint density at radius 3 is 2.29 bits per heavy atom. The van der Waals surface area contributed by atoms with Gasteiger partial charge in [-0.3, -0.25) is 4.79 Å². The standard InChI is InChI=1S/C15H20N4O4S/c1-17(2)24(21,22)19-9-7-18(8-10-19)15(20)12-23-14-5-3-13(11-16)4-6-14/h3-6H,7-10,12H2,1-2H3. The van der Waals surface area contributed by atoms with Crippen LogP contribution in [0, 0.1) is 11.3 Å². The van der Waals surface area contributed by atoms with Gasteiger partial charge in [0.1, 0.15) is 5.75 Å². The van der Waals surface area contributed by atoms with Gasteiger partial charge in [0.25, 0.3) is 16.1 Å². The molecule has 1 aliphatic rings. The fourth-order valence-electron chi connectivity index (χ4n) is 2.26. The Kier molecular flexibility index (Phi) is 5.77. The van der Waals surface area contributed by atoms with E-state index in [-0.39, 0.29) is 25.6 Å². The predicted molar refractivity (Wildman–Crippen MR) is 87.4 cm³/mol. The van der Waals surface area contributed by atoms with Gasteiger partial charge in [0.15, 0.2) is 6.61 Å². The summed E-state index contributed by atoms with van der Waals surface area (Å²) in [5.74, 6) is 0.317. The fourth-order valence-corrected chi connectivity index (χ4v) is 3.35. The summed E-state index contributed by atoms with van der Waals surface area (Å²) in [6.45, 7) is 1.09. The van der Waals surface area contributed by atoms with Crippen molar-refractivity contribution in [3.63, 3.8) is 0 Å². The van der Waals surface area contributed by atoms with Gasteiger partial charge in [0.2, 0.25) is 0 Å². The second-order valence-electron chi connectivity index (χ2n) is 5.49. The zero-order valence-corrected chi connectivity index (χ0v) is 14.5. The third kappa shape index (κ3) is 4.23. The number of nitrogens with zero attached hydrogens (tertiary/aromatic N) is 4. The zero-order chi connectivity index (χ0) is 17.7. The molecule has 0 aromatic heterocycles. The summed E-state index contributed by atoms with van der Waals surface area (Å²) in [5.41, 5.74) is 0.520. The average molecular weight is 352 g/mol. The zero-order valence-electron chi connectivity index (χ0n) is 13.7. The van der Waals surface area contributed by atoms with Crippen LogP contribution in [-0.4, -0.2) is 74.7 Å². The van der Waals surface area contributed by atoms with Gasteiger partial charge in [-0.25, -0.2) is 0 Å². The molecule has 1 aliphatic heterocycles. The van der Waals surface area contributed by atoms with E-state index >= 15 is 0 Å². The lowest BCUT2D eigenvalue weighted by molar-refractivity contribution is -0.134. The van der Waals surface area contributed by atoms with Gasteiger partial charge >= 0.3 is 0 Å². The minimum absolute atomic E-state index is 0.119. The van der Waals surface area contributed by atoms with E-state index < -0.39 is 10.2 Å². The summed E-state index contributed by atoms with van der Waals surface area (Å²) in [7, 11) is -0.471. The number of hydrogen-bond acceptors (Lipinski definition) is 5. The molecule has 0 aliphatic carbocycles. The van der Waals surface area contributed by atoms with Crippen molar-refractivity contribution in [2.75, 3.05) is 46.9 Å². The third-order valence-electron chi connectivity index (χ3n) is 3.72. The fraction of sp³-hybridized carbons (Fsp3) is 0.467. The first-order valence-corrected chi connectivity index (χ1v) is 8.82. The lowest BCUT2D eigenvalue weighted by Gasteiger charge is -2.35. The highest BCUT2D eigenvalue weighted by Gasteiger charge is 2.30. The molecule has 0 atom stereocenters. The Morgan fingerprint density at radius 2 is 1.79 bits per heavy atom. The van der Waals surface area contributed by atoms with E-state index in [0.717, 1.165) is 0 Å². The first kappa shape index (κ1) is 18.2. The van der Waals surface area contributed by atoms with Crippen LogP contribution in [0.15, 0.2) is 24.3 Å². The van der Waals surface area contributed by atoms with E-state index in [9.17, 15) is 13.2 Å². The minimum atomic E-state index is -3.44. The highest BCUT2D eigenvalue weighted by Crippen LogP contribution is 2.13. The van der Waals surface area contributed by atoms with Crippen LogP contribution in [0.25, 0.3) is 0 Å². The summed E-state index contributed by atoms with van der Waals surface area (Å²) in [5, 5.41) is 8.73. The normalized spacial score (nSPS) is 16.0. The highest BCUT2D eigenvalue weighted by atomic mass is 32.2. The molecule has 1 aromatic rings. The van der Waals surface area contributed by atoms with Crippen molar-refractivity contribution in [1.29, 1.82) is 5.26 Å². The Bertz CT molecular complexity index is 717. The van der Waals surface area contributed by atoms with Crippen molar-refractivity contribution in [1.82, 2.24) is 13.5 Å². The van der Waals surface area contributed by atoms with Crippen molar-refractivity contribution in [3.8, 4) is 11.8 Å². The molecule has 0 radical (unpaired) electrons. The molecule has 0 bridgehead atoms. The quantitative estimate of drug-likeness (QED) is 0.737. The molecule has 24 heavy (non-hydrogen) atoms. The van der Waals surface area contributed by atoms with Crippen LogP contribution < -0.4 is 4.74 Å². The Morgan fingerprint density at radius 1 is 1.21 bits per heavy atom. The number of carbonyl (C=O) groups excluding carboxylic acids is 1. The van der Waals surface area contributed by atoms with Gasteiger partial charge in [0, 0.05) is 40.3 Å². The molecule has 2 rings (SSSR count). The summed E-state index contributed by atoms with van der Waals surface area (Å²) in [6, 6.07) is 8.50. The Balaban J connectivity index is 1.83. The molecular formula is C15H20N4O4S. The number of amides is 1. The maximum absolute atomic E-state index is 12.2. The number of ether oxygens (including phenoxy) is 1. The van der Waals surface area contributed by atoms with Gasteiger partial charge in [-0.15, -0.1) is 0 Å². The van der Waals surface area contributed by atoms with Crippen molar-refractivity contribution in [2.24, 2.45) is 0 Å². The second-order valence-corrected chi connectivity index (χ2v) is 7.64. The predicted octanol–water partition coefficient (Wildman–Crippen LogP) is -0.112. The van der Waals surface area contributed by atoms with Gasteiger partial charge in [-0.05, 0) is 24.3 Å². The number of benzene rings is 1. The van der Waals surface area contributed by atoms with Crippen LogP contribution in [-0.2, 0) is 15.0 Å². The summed E-state index contributed by atoms with van der Waals surface area (Å²) in [4.78, 5) is 13.7. The van der Waals surface area contributed by atoms with Crippen LogP contribution in [0.3, 0.4) is 0 Å². The minimum Gasteiger partial charge on any atom is -0.484 e. The molecule has 0 spiro atoms. The molecule has 1 heterocycles. The van der Waals surface area contributed by atoms with Crippen LogP contribution >= 0.6 is 0 Å². The first-order valence-electron chi connectivity index (χ1n) is 7.43. The first-order chi connectivity index (χ1) is 11.3. The molecule has 130 valence electrons. The van der Waals surface area contributed by atoms with E-state index in [1.807, 2.05) is 6.07 Å². The number of nitriles is 1. The largest absolute Gasteiger partial charge is 0.484 e. The molecule has 0 saturated carbocycles. The van der Waals surface area contributed by atoms with Gasteiger partial charge in [-0.1, -0.05) is 0 Å². The lowest BCUT2D eigenvalue weighted by atomic mass is 10.2. The Hall–Kier alpha value is -2.15. The Labute approximate surface area is 142 Å². The second kappa shape index (κ2) is 7.61. The molecule has 1 saturated heterocycles. The van der Waals surface area contributed by atoms with E-state index in [4.69, 9.17) is 10.00 Å². The van der Waals surface area contributed by atoms with Gasteiger partial charge in [0.05, 0.1) is 11.6 Å². The van der Waals surface area contributed by atoms with Crippen LogP contribution in [0.1, 0.15) is 5.56 Å². The average Bonchev–Trinajstić information content (AvgIpc) is 2.60. The maximum Gasteiger partial charge on any atom is 0.281 e. The lowest BCUT2D eigenvalue weighted by Crippen LogP contribution is -2.53. The summed E-state index contributed by atoms with van der Waals surface area (Å²) < 4.78 is 32.0. The molecular weight excluding hydrogens is 332 g/mol. The van der Waals surface area contributed by atoms with Crippen molar-refractivity contribution < 1.29 is 17.9 Å². The number of carbonyl (C=O) groups is 1. The van der Waals surface area contributed by atoms with E-state index in [1.165, 1.54) is 22.7 Å². The number of rotatable bonds is 5. The SMILES string of the molecule is CN(C)S(=O)(=O)N1CCN(C(=O)COc2ccc(C#N)cc2)CC1. The van der Waals surface area contributed by atoms with Crippen molar-refractivity contribution in [2.45, 2.75) is 0 Å². The smallest absolute Gasteiger partial charge is 0.281 e. The van der Waals surface area contributed by atoms with Gasteiger partial charge in [-0.2, -0.15) is 22.3 Å². The summed E-state index contributed by atoms with van der Waals surface area (Å²) >= 11 is 0. The van der Waals surface area contributed by atoms with E-state index in [2.05, 4.69) is 0 Å². The monoisotopic (exact) mass is 352 g/mol.